The number of nitrogens with zero attached hydrogens (tertiary/aromatic N) is 1. The van der Waals surface area contributed by atoms with Crippen LogP contribution >= 0.6 is 23.1 Å². The fraction of sp³-hybridized carbons (Fsp3) is 0.0769. The van der Waals surface area contributed by atoms with Crippen molar-refractivity contribution in [1.29, 1.82) is 0 Å². The number of phenols is 1. The molecule has 1 aliphatic rings. The summed E-state index contributed by atoms with van der Waals surface area (Å²) in [5.74, 6) is -0.0354. The molecule has 0 bridgehead atoms. The standard InChI is InChI=1S/C26H19ClN2O4S/c1-13-10-22(34-29-13)25(31)23-18-11-17(19(27)12-20(18)28-26(23)32)15-8-6-14(7-9-15)16-4-3-5-21(33-2)24(16)30/h3-12,30-31H,1-2H3,(H,28,32)/b25-23+. The number of hydrogen-bond acceptors (Lipinski definition) is 6. The number of nitrogens with one attached hydrogen (secondary N) is 1. The van der Waals surface area contributed by atoms with Crippen LogP contribution in [0.15, 0.2) is 60.7 Å². The summed E-state index contributed by atoms with van der Waals surface area (Å²) in [4.78, 5) is 13.2. The molecule has 6 nitrogen and oxygen atoms in total. The smallest absolute Gasteiger partial charge is 0.260 e. The summed E-state index contributed by atoms with van der Waals surface area (Å²) in [6.07, 6.45) is 0. The highest BCUT2D eigenvalue weighted by Gasteiger charge is 2.30. The van der Waals surface area contributed by atoms with Crippen LogP contribution in [0, 0.1) is 6.92 Å². The molecule has 170 valence electrons. The zero-order valence-corrected chi connectivity index (χ0v) is 19.8. The van der Waals surface area contributed by atoms with Crippen molar-refractivity contribution in [2.24, 2.45) is 0 Å². The number of phenolic OH excluding ortho intramolecular Hbond substituents is 1. The van der Waals surface area contributed by atoms with E-state index in [1.54, 1.807) is 24.3 Å². The number of methoxy groups -OCH3 is 1. The van der Waals surface area contributed by atoms with Gasteiger partial charge in [0.25, 0.3) is 5.91 Å². The van der Waals surface area contributed by atoms with E-state index in [0.717, 1.165) is 28.4 Å². The molecule has 1 aliphatic heterocycles. The van der Waals surface area contributed by atoms with Gasteiger partial charge in [0.15, 0.2) is 11.5 Å². The first-order chi connectivity index (χ1) is 16.4. The minimum Gasteiger partial charge on any atom is -0.506 e. The van der Waals surface area contributed by atoms with Crippen LogP contribution in [0.2, 0.25) is 5.02 Å². The zero-order valence-electron chi connectivity index (χ0n) is 18.2. The topological polar surface area (TPSA) is 91.7 Å². The molecule has 5 rings (SSSR count). The van der Waals surface area contributed by atoms with Gasteiger partial charge in [0.1, 0.15) is 5.76 Å². The monoisotopic (exact) mass is 490 g/mol. The summed E-state index contributed by atoms with van der Waals surface area (Å²) in [6.45, 7) is 1.83. The molecule has 1 amide bonds. The number of ether oxygens (including phenoxy) is 1. The highest BCUT2D eigenvalue weighted by Crippen LogP contribution is 2.43. The summed E-state index contributed by atoms with van der Waals surface area (Å²) in [5.41, 5.74) is 5.07. The van der Waals surface area contributed by atoms with E-state index < -0.39 is 5.91 Å². The Kier molecular flexibility index (Phi) is 5.51. The van der Waals surface area contributed by atoms with E-state index in [2.05, 4.69) is 9.69 Å². The van der Waals surface area contributed by atoms with Gasteiger partial charge in [-0.1, -0.05) is 48.0 Å². The van der Waals surface area contributed by atoms with E-state index in [0.29, 0.717) is 38.0 Å². The lowest BCUT2D eigenvalue weighted by Gasteiger charge is -2.11. The molecule has 0 aliphatic carbocycles. The number of aryl methyl sites for hydroxylation is 1. The lowest BCUT2D eigenvalue weighted by molar-refractivity contribution is -0.110. The predicted molar refractivity (Wildman–Crippen MR) is 135 cm³/mol. The molecule has 8 heteroatoms. The number of para-hydroxylation sites is 1. The van der Waals surface area contributed by atoms with Crippen molar-refractivity contribution in [3.63, 3.8) is 0 Å². The molecule has 3 N–H and O–H groups in total. The third-order valence-corrected chi connectivity index (χ3v) is 6.88. The Bertz CT molecular complexity index is 1470. The van der Waals surface area contributed by atoms with Crippen molar-refractivity contribution < 1.29 is 19.7 Å². The minimum absolute atomic E-state index is 0.0708. The number of halogens is 1. The molecule has 0 saturated heterocycles. The Morgan fingerprint density at radius 2 is 1.74 bits per heavy atom. The molecule has 0 unspecified atom stereocenters. The first kappa shape index (κ1) is 22.0. The molecule has 0 atom stereocenters. The molecule has 34 heavy (non-hydrogen) atoms. The second-order valence-electron chi connectivity index (χ2n) is 7.82. The van der Waals surface area contributed by atoms with Gasteiger partial charge in [-0.25, -0.2) is 0 Å². The summed E-state index contributed by atoms with van der Waals surface area (Å²) in [5, 5.41) is 24.5. The first-order valence-corrected chi connectivity index (χ1v) is 11.5. The summed E-state index contributed by atoms with van der Waals surface area (Å²) >= 11 is 7.70. The van der Waals surface area contributed by atoms with Gasteiger partial charge >= 0.3 is 0 Å². The number of carbonyl (C=O) groups is 1. The van der Waals surface area contributed by atoms with Crippen molar-refractivity contribution in [2.75, 3.05) is 12.4 Å². The van der Waals surface area contributed by atoms with Gasteiger partial charge in [-0.2, -0.15) is 4.37 Å². The number of hydrogen-bond donors (Lipinski definition) is 3. The average Bonchev–Trinajstić information content (AvgIpc) is 3.40. The maximum absolute atomic E-state index is 12.7. The largest absolute Gasteiger partial charge is 0.506 e. The van der Waals surface area contributed by atoms with Crippen molar-refractivity contribution >= 4 is 46.1 Å². The number of fused-ring (bicyclic) bond motifs is 1. The van der Waals surface area contributed by atoms with Crippen LogP contribution < -0.4 is 10.1 Å². The van der Waals surface area contributed by atoms with Crippen LogP contribution in [0.3, 0.4) is 0 Å². The third-order valence-electron chi connectivity index (χ3n) is 5.68. The molecule has 2 heterocycles. The molecule has 0 saturated carbocycles. The number of benzene rings is 3. The maximum atomic E-state index is 12.7. The molecule has 3 aromatic carbocycles. The fourth-order valence-electron chi connectivity index (χ4n) is 3.99. The van der Waals surface area contributed by atoms with Gasteiger partial charge in [-0.05, 0) is 53.8 Å². The van der Waals surface area contributed by atoms with Crippen LogP contribution in [-0.2, 0) is 4.79 Å². The third kappa shape index (κ3) is 3.69. The van der Waals surface area contributed by atoms with Crippen LogP contribution in [0.25, 0.3) is 33.6 Å². The number of carbonyl (C=O) groups excluding carboxylic acids is 1. The Hall–Kier alpha value is -3.81. The Labute approximate surface area is 204 Å². The van der Waals surface area contributed by atoms with Gasteiger partial charge in [-0.3, -0.25) is 4.79 Å². The maximum Gasteiger partial charge on any atom is 0.260 e. The molecular weight excluding hydrogens is 472 g/mol. The highest BCUT2D eigenvalue weighted by atomic mass is 35.5. The summed E-state index contributed by atoms with van der Waals surface area (Å²) in [6, 6.07) is 18.1. The second-order valence-corrected chi connectivity index (χ2v) is 9.03. The van der Waals surface area contributed by atoms with Crippen LogP contribution in [-0.4, -0.2) is 27.6 Å². The fourth-order valence-corrected chi connectivity index (χ4v) is 4.97. The first-order valence-electron chi connectivity index (χ1n) is 10.4. The Morgan fingerprint density at radius 3 is 2.38 bits per heavy atom. The van der Waals surface area contributed by atoms with E-state index in [-0.39, 0.29) is 17.1 Å². The van der Waals surface area contributed by atoms with E-state index >= 15 is 0 Å². The number of aromatic hydroxyl groups is 1. The van der Waals surface area contributed by atoms with Crippen LogP contribution in [0.5, 0.6) is 11.5 Å². The van der Waals surface area contributed by atoms with Crippen molar-refractivity contribution in [3.05, 3.63) is 81.8 Å². The van der Waals surface area contributed by atoms with E-state index in [9.17, 15) is 15.0 Å². The number of aromatic nitrogens is 1. The lowest BCUT2D eigenvalue weighted by Crippen LogP contribution is -2.05. The average molecular weight is 491 g/mol. The highest BCUT2D eigenvalue weighted by molar-refractivity contribution is 7.07. The van der Waals surface area contributed by atoms with Gasteiger partial charge < -0.3 is 20.3 Å². The molecular formula is C26H19ClN2O4S. The van der Waals surface area contributed by atoms with Gasteiger partial charge in [-0.15, -0.1) is 0 Å². The van der Waals surface area contributed by atoms with E-state index in [4.69, 9.17) is 16.3 Å². The minimum atomic E-state index is -0.393. The van der Waals surface area contributed by atoms with Gasteiger partial charge in [0, 0.05) is 16.7 Å². The van der Waals surface area contributed by atoms with E-state index in [1.807, 2.05) is 43.3 Å². The molecule has 0 spiro atoms. The van der Waals surface area contributed by atoms with Gasteiger partial charge in [0.2, 0.25) is 0 Å². The van der Waals surface area contributed by atoms with Crippen molar-refractivity contribution in [1.82, 2.24) is 4.37 Å². The lowest BCUT2D eigenvalue weighted by atomic mass is 9.96. The normalized spacial score (nSPS) is 14.0. The Morgan fingerprint density at radius 1 is 1.03 bits per heavy atom. The quantitative estimate of drug-likeness (QED) is 0.223. The zero-order chi connectivity index (χ0) is 24.0. The van der Waals surface area contributed by atoms with Gasteiger partial charge in [0.05, 0.1) is 34.0 Å². The summed E-state index contributed by atoms with van der Waals surface area (Å²) in [7, 11) is 1.51. The van der Waals surface area contributed by atoms with Crippen molar-refractivity contribution in [2.45, 2.75) is 6.92 Å². The van der Waals surface area contributed by atoms with E-state index in [1.165, 1.54) is 7.11 Å². The number of rotatable bonds is 4. The molecule has 0 radical (unpaired) electrons. The van der Waals surface area contributed by atoms with Crippen LogP contribution in [0.4, 0.5) is 5.69 Å². The predicted octanol–water partition coefficient (Wildman–Crippen LogP) is 6.53. The SMILES string of the molecule is COc1cccc(-c2ccc(-c3cc4c(cc3Cl)NC(=O)/C4=C(/O)c3cc(C)ns3)cc2)c1O. The number of anilines is 1. The molecule has 1 aromatic heterocycles. The molecule has 0 fully saturated rings. The number of aliphatic hydroxyl groups is 1. The number of aliphatic hydroxyl groups excluding tert-OH is 1. The number of amides is 1. The Balaban J connectivity index is 1.57. The van der Waals surface area contributed by atoms with Crippen LogP contribution in [0.1, 0.15) is 16.1 Å². The molecule has 4 aromatic rings. The second kappa shape index (κ2) is 8.52. The van der Waals surface area contributed by atoms with Crippen molar-refractivity contribution in [3.8, 4) is 33.8 Å². The summed E-state index contributed by atoms with van der Waals surface area (Å²) < 4.78 is 9.39.